The van der Waals surface area contributed by atoms with Crippen LogP contribution in [0, 0.1) is 12.7 Å². The number of aromatic nitrogens is 2. The number of benzene rings is 1. The van der Waals surface area contributed by atoms with Crippen molar-refractivity contribution in [2.45, 2.75) is 25.8 Å². The second kappa shape index (κ2) is 9.27. The first kappa shape index (κ1) is 24.4. The number of hydrogen-bond donors (Lipinski definition) is 0. The summed E-state index contributed by atoms with van der Waals surface area (Å²) in [7, 11) is 0. The predicted molar refractivity (Wildman–Crippen MR) is 134 cm³/mol. The Labute approximate surface area is 210 Å². The van der Waals surface area contributed by atoms with Crippen LogP contribution in [0.1, 0.15) is 16.9 Å². The van der Waals surface area contributed by atoms with E-state index in [1.54, 1.807) is 12.1 Å². The molecule has 36 heavy (non-hydrogen) atoms. The maximum Gasteiger partial charge on any atom is 0.267 e. The number of anilines is 1. The number of rotatable bonds is 5. The smallest absolute Gasteiger partial charge is 0.267 e. The number of fused-ring (bicyclic) bond motifs is 1. The lowest BCUT2D eigenvalue weighted by Gasteiger charge is -2.38. The van der Waals surface area contributed by atoms with Crippen molar-refractivity contribution in [1.29, 1.82) is 0 Å². The van der Waals surface area contributed by atoms with E-state index in [1.165, 1.54) is 34.4 Å². The third-order valence-electron chi connectivity index (χ3n) is 6.86. The van der Waals surface area contributed by atoms with Gasteiger partial charge in [0.25, 0.3) is 11.5 Å². The molecule has 0 spiro atoms. The Morgan fingerprint density at radius 2 is 1.81 bits per heavy atom. The van der Waals surface area contributed by atoms with Gasteiger partial charge in [0.1, 0.15) is 17.2 Å². The number of hydrogen-bond acceptors (Lipinski definition) is 6. The molecule has 0 aliphatic carbocycles. The van der Waals surface area contributed by atoms with E-state index in [9.17, 15) is 22.8 Å². The van der Waals surface area contributed by atoms with Crippen molar-refractivity contribution >= 4 is 38.8 Å². The predicted octanol–water partition coefficient (Wildman–Crippen LogP) is 3.57. The maximum atomic E-state index is 13.5. The van der Waals surface area contributed by atoms with Crippen molar-refractivity contribution < 1.29 is 18.0 Å². The van der Waals surface area contributed by atoms with Gasteiger partial charge in [0.2, 0.25) is 5.91 Å². The summed E-state index contributed by atoms with van der Waals surface area (Å²) in [5, 5.41) is 0.420. The Morgan fingerprint density at radius 3 is 2.44 bits per heavy atom. The zero-order valence-corrected chi connectivity index (χ0v) is 20.7. The lowest BCUT2D eigenvalue weighted by Crippen LogP contribution is -2.45. The minimum atomic E-state index is -2.88. The van der Waals surface area contributed by atoms with Crippen molar-refractivity contribution in [3.8, 4) is 0 Å². The van der Waals surface area contributed by atoms with Gasteiger partial charge in [-0.3, -0.25) is 14.2 Å². The van der Waals surface area contributed by atoms with Gasteiger partial charge in [-0.05, 0) is 36.8 Å². The van der Waals surface area contributed by atoms with Crippen LogP contribution in [0.2, 0.25) is 0 Å². The van der Waals surface area contributed by atoms with Crippen LogP contribution >= 0.6 is 11.3 Å². The first-order valence-corrected chi connectivity index (χ1v) is 12.5. The minimum Gasteiger partial charge on any atom is -0.368 e. The number of carbonyl (C=O) groups excluding carboxylic acids is 1. The van der Waals surface area contributed by atoms with Gasteiger partial charge in [0.15, 0.2) is 0 Å². The van der Waals surface area contributed by atoms with Gasteiger partial charge in [0, 0.05) is 50.5 Å². The van der Waals surface area contributed by atoms with Crippen molar-refractivity contribution in [2.24, 2.45) is 0 Å². The molecule has 1 amide bonds. The SMILES string of the molecule is C=C(c1sc2ncn(CC(=O)N3CCC(F)(F)C3)c(=O)c2c1C)N1CCN(c2ccc(F)cc2)CC1. The summed E-state index contributed by atoms with van der Waals surface area (Å²) in [6.07, 6.45) is 0.943. The normalized spacial score (nSPS) is 17.7. The molecule has 4 heterocycles. The number of aryl methyl sites for hydroxylation is 1. The first-order valence-electron chi connectivity index (χ1n) is 11.7. The fourth-order valence-corrected chi connectivity index (χ4v) is 5.91. The van der Waals surface area contributed by atoms with Crippen LogP contribution in [-0.4, -0.2) is 70.4 Å². The average Bonchev–Trinajstić information content (AvgIpc) is 3.40. The second-order valence-electron chi connectivity index (χ2n) is 9.23. The summed E-state index contributed by atoms with van der Waals surface area (Å²) >= 11 is 1.38. The van der Waals surface area contributed by atoms with Gasteiger partial charge in [-0.1, -0.05) is 6.58 Å². The quantitative estimate of drug-likeness (QED) is 0.518. The monoisotopic (exact) mass is 517 g/mol. The molecular weight excluding hydrogens is 491 g/mol. The van der Waals surface area contributed by atoms with Crippen LogP contribution in [0.4, 0.5) is 18.9 Å². The molecule has 2 fully saturated rings. The number of likely N-dealkylation sites (tertiary alicyclic amines) is 1. The molecule has 1 aromatic carbocycles. The molecule has 2 aromatic heterocycles. The number of halogens is 3. The summed E-state index contributed by atoms with van der Waals surface area (Å²) in [6, 6.07) is 6.45. The molecule has 0 N–H and O–H groups in total. The Balaban J connectivity index is 1.31. The molecule has 0 unspecified atom stereocenters. The number of amides is 1. The Hall–Kier alpha value is -3.34. The van der Waals surface area contributed by atoms with E-state index in [1.807, 2.05) is 6.92 Å². The third kappa shape index (κ3) is 4.59. The lowest BCUT2D eigenvalue weighted by atomic mass is 10.1. The number of piperazine rings is 1. The Morgan fingerprint density at radius 1 is 1.11 bits per heavy atom. The zero-order valence-electron chi connectivity index (χ0n) is 19.8. The molecule has 2 aliphatic rings. The topological polar surface area (TPSA) is 61.7 Å². The van der Waals surface area contributed by atoms with Crippen LogP contribution in [-0.2, 0) is 11.3 Å². The number of nitrogens with zero attached hydrogens (tertiary/aromatic N) is 5. The second-order valence-corrected chi connectivity index (χ2v) is 10.2. The third-order valence-corrected chi connectivity index (χ3v) is 8.11. The summed E-state index contributed by atoms with van der Waals surface area (Å²) in [5.74, 6) is -3.67. The molecule has 2 saturated heterocycles. The molecule has 0 atom stereocenters. The molecule has 190 valence electrons. The van der Waals surface area contributed by atoms with Gasteiger partial charge >= 0.3 is 0 Å². The molecule has 7 nitrogen and oxygen atoms in total. The Bertz CT molecular complexity index is 1380. The van der Waals surface area contributed by atoms with E-state index in [-0.39, 0.29) is 30.9 Å². The van der Waals surface area contributed by atoms with Crippen LogP contribution in [0.3, 0.4) is 0 Å². The van der Waals surface area contributed by atoms with E-state index in [2.05, 4.69) is 21.4 Å². The van der Waals surface area contributed by atoms with E-state index in [0.29, 0.717) is 10.2 Å². The number of alkyl halides is 2. The van der Waals surface area contributed by atoms with E-state index in [0.717, 1.165) is 52.9 Å². The number of carbonyl (C=O) groups is 1. The molecule has 2 aliphatic heterocycles. The highest BCUT2D eigenvalue weighted by molar-refractivity contribution is 7.19. The molecule has 3 aromatic rings. The molecule has 0 saturated carbocycles. The highest BCUT2D eigenvalue weighted by atomic mass is 32.1. The highest BCUT2D eigenvalue weighted by Crippen LogP contribution is 2.34. The Kier molecular flexibility index (Phi) is 6.27. The maximum absolute atomic E-state index is 13.5. The van der Waals surface area contributed by atoms with E-state index in [4.69, 9.17) is 0 Å². The van der Waals surface area contributed by atoms with Crippen LogP contribution in [0.15, 0.2) is 42.0 Å². The highest BCUT2D eigenvalue weighted by Gasteiger charge is 2.40. The lowest BCUT2D eigenvalue weighted by molar-refractivity contribution is -0.132. The fourth-order valence-electron chi connectivity index (χ4n) is 4.77. The van der Waals surface area contributed by atoms with Crippen molar-refractivity contribution in [3.63, 3.8) is 0 Å². The first-order chi connectivity index (χ1) is 17.1. The minimum absolute atomic E-state index is 0.0217. The largest absolute Gasteiger partial charge is 0.368 e. The van der Waals surface area contributed by atoms with Crippen molar-refractivity contribution in [1.82, 2.24) is 19.4 Å². The van der Waals surface area contributed by atoms with Crippen LogP contribution in [0.25, 0.3) is 15.9 Å². The molecular formula is C25H26F3N5O2S. The van der Waals surface area contributed by atoms with Crippen LogP contribution in [0.5, 0.6) is 0 Å². The van der Waals surface area contributed by atoms with Crippen molar-refractivity contribution in [2.75, 3.05) is 44.2 Å². The summed E-state index contributed by atoms with van der Waals surface area (Å²) < 4.78 is 41.4. The zero-order chi connectivity index (χ0) is 25.6. The van der Waals surface area contributed by atoms with Gasteiger partial charge in [-0.15, -0.1) is 11.3 Å². The molecule has 0 radical (unpaired) electrons. The van der Waals surface area contributed by atoms with Gasteiger partial charge in [-0.2, -0.15) is 0 Å². The standard InChI is InChI=1S/C25H26F3N5O2S/c1-16-21-23(29-15-33(24(21)35)13-20(34)32-8-7-25(27,28)14-32)36-22(16)17(2)30-9-11-31(12-10-30)19-5-3-18(26)4-6-19/h3-6,15H,2,7-14H2,1H3. The van der Waals surface area contributed by atoms with E-state index >= 15 is 0 Å². The van der Waals surface area contributed by atoms with Gasteiger partial charge in [0.05, 0.1) is 23.1 Å². The number of thiophene rings is 1. The van der Waals surface area contributed by atoms with Crippen molar-refractivity contribution in [3.05, 3.63) is 63.8 Å². The molecule has 11 heteroatoms. The van der Waals surface area contributed by atoms with Gasteiger partial charge < -0.3 is 14.7 Å². The fraction of sp³-hybridized carbons (Fsp3) is 0.400. The average molecular weight is 518 g/mol. The summed E-state index contributed by atoms with van der Waals surface area (Å²) in [6.45, 7) is 8.08. The van der Waals surface area contributed by atoms with E-state index < -0.39 is 18.4 Å². The molecule has 5 rings (SSSR count). The van der Waals surface area contributed by atoms with Gasteiger partial charge in [-0.25, -0.2) is 18.2 Å². The summed E-state index contributed by atoms with van der Waals surface area (Å²) in [5.41, 5.74) is 2.15. The molecule has 0 bridgehead atoms. The summed E-state index contributed by atoms with van der Waals surface area (Å²) in [4.78, 5) is 36.9. The van der Waals surface area contributed by atoms with Crippen LogP contribution < -0.4 is 10.5 Å².